The van der Waals surface area contributed by atoms with Crippen molar-refractivity contribution in [1.29, 1.82) is 0 Å². The lowest BCUT2D eigenvalue weighted by molar-refractivity contribution is 0.221. The Bertz CT molecular complexity index is 4810. The lowest BCUT2D eigenvalue weighted by Crippen LogP contribution is -2.20. The summed E-state index contributed by atoms with van der Waals surface area (Å²) in [6.07, 6.45) is -0.518. The van der Waals surface area contributed by atoms with E-state index >= 15 is 0 Å². The van der Waals surface area contributed by atoms with Crippen molar-refractivity contribution >= 4 is 0 Å². The van der Waals surface area contributed by atoms with Gasteiger partial charge in [0.25, 0.3) is 0 Å². The van der Waals surface area contributed by atoms with Crippen molar-refractivity contribution in [3.05, 3.63) is 300 Å². The normalized spacial score (nSPS) is 22.2. The second-order valence-electron chi connectivity index (χ2n) is 25.5. The number of benzene rings is 11. The van der Waals surface area contributed by atoms with Crippen LogP contribution in [0, 0.1) is 0 Å². The Morgan fingerprint density at radius 2 is 0.774 bits per heavy atom. The molecule has 11 aromatic rings. The molecular formula is C78H60O15. The zero-order valence-electron chi connectivity index (χ0n) is 49.3. The van der Waals surface area contributed by atoms with Crippen molar-refractivity contribution in [2.24, 2.45) is 0 Å². The van der Waals surface area contributed by atoms with Crippen LogP contribution < -0.4 is 4.74 Å². The van der Waals surface area contributed by atoms with Crippen LogP contribution in [0.4, 0.5) is 0 Å². The summed E-state index contributed by atoms with van der Waals surface area (Å²) >= 11 is 0. The van der Waals surface area contributed by atoms with Gasteiger partial charge in [0.05, 0.1) is 5.92 Å². The van der Waals surface area contributed by atoms with Gasteiger partial charge in [0.2, 0.25) is 0 Å². The van der Waals surface area contributed by atoms with E-state index < -0.39 is 76.8 Å². The van der Waals surface area contributed by atoms with E-state index in [1.54, 1.807) is 121 Å². The molecule has 0 radical (unpaired) electrons. The van der Waals surface area contributed by atoms with Gasteiger partial charge in [-0.25, -0.2) is 0 Å². The minimum Gasteiger partial charge on any atom is -0.508 e. The fraction of sp³-hybridized carbons (Fsp3) is 0.154. The van der Waals surface area contributed by atoms with Crippen molar-refractivity contribution in [3.63, 3.8) is 0 Å². The third kappa shape index (κ3) is 8.77. The Balaban J connectivity index is 0.948. The quantitative estimate of drug-likeness (QED) is 0.0639. The Morgan fingerprint density at radius 3 is 1.39 bits per heavy atom. The fourth-order valence-electron chi connectivity index (χ4n) is 17.3. The molecular weight excluding hydrogens is 1180 g/mol. The zero-order valence-corrected chi connectivity index (χ0v) is 49.3. The largest absolute Gasteiger partial charge is 0.508 e. The molecule has 15 nitrogen and oxygen atoms in total. The van der Waals surface area contributed by atoms with Crippen LogP contribution in [0.5, 0.6) is 86.2 Å². The first-order chi connectivity index (χ1) is 44.9. The summed E-state index contributed by atoms with van der Waals surface area (Å²) in [6, 6.07) is 53.7. The molecule has 4 aliphatic carbocycles. The van der Waals surface area contributed by atoms with Gasteiger partial charge in [0.15, 0.2) is 0 Å². The molecule has 11 atom stereocenters. The molecule has 11 aromatic carbocycles. The Hall–Kier alpha value is -11.6. The van der Waals surface area contributed by atoms with E-state index in [9.17, 15) is 71.5 Å². The number of hydrogen-bond donors (Lipinski definition) is 14. The van der Waals surface area contributed by atoms with Crippen molar-refractivity contribution in [1.82, 2.24) is 0 Å². The van der Waals surface area contributed by atoms with Crippen LogP contribution in [0.2, 0.25) is 0 Å². The second kappa shape index (κ2) is 21.0. The summed E-state index contributed by atoms with van der Waals surface area (Å²) in [5.41, 5.74) is 9.50. The maximum absolute atomic E-state index is 13.5. The number of ether oxygens (including phenoxy) is 1. The first kappa shape index (κ1) is 56.6. The predicted molar refractivity (Wildman–Crippen MR) is 343 cm³/mol. The molecule has 0 aromatic heterocycles. The smallest absolute Gasteiger partial charge is 0.135 e. The van der Waals surface area contributed by atoms with Crippen LogP contribution in [0.3, 0.4) is 0 Å². The molecule has 3 unspecified atom stereocenters. The molecule has 5 aliphatic rings. The predicted octanol–water partition coefficient (Wildman–Crippen LogP) is 14.5. The molecule has 16 rings (SSSR count). The molecule has 1 aliphatic heterocycles. The van der Waals surface area contributed by atoms with Gasteiger partial charge in [-0.1, -0.05) is 84.9 Å². The van der Waals surface area contributed by atoms with E-state index in [1.165, 1.54) is 54.6 Å². The van der Waals surface area contributed by atoms with Crippen LogP contribution in [0.15, 0.2) is 200 Å². The van der Waals surface area contributed by atoms with Crippen molar-refractivity contribution in [2.75, 3.05) is 0 Å². The van der Waals surface area contributed by atoms with Gasteiger partial charge in [0, 0.05) is 105 Å². The minimum atomic E-state index is -1.11. The summed E-state index contributed by atoms with van der Waals surface area (Å²) < 4.78 is 6.94. The maximum atomic E-state index is 13.5. The fourth-order valence-corrected chi connectivity index (χ4v) is 17.3. The molecule has 0 amide bonds. The minimum absolute atomic E-state index is 0.0141. The highest BCUT2D eigenvalue weighted by molar-refractivity contribution is 5.75. The average molecular weight is 1240 g/mol. The molecule has 0 fully saturated rings. The van der Waals surface area contributed by atoms with Crippen LogP contribution in [0.1, 0.15) is 165 Å². The van der Waals surface area contributed by atoms with Gasteiger partial charge >= 0.3 is 0 Å². The molecule has 14 N–H and O–H groups in total. The van der Waals surface area contributed by atoms with Crippen molar-refractivity contribution < 1.29 is 76.2 Å². The Kier molecular flexibility index (Phi) is 12.8. The molecule has 0 saturated heterocycles. The highest BCUT2D eigenvalue weighted by Crippen LogP contribution is 2.72. The Labute approximate surface area is 532 Å². The van der Waals surface area contributed by atoms with Crippen LogP contribution >= 0.6 is 0 Å². The number of hydrogen-bond acceptors (Lipinski definition) is 15. The number of rotatable bonds is 9. The molecule has 1 heterocycles. The van der Waals surface area contributed by atoms with Crippen LogP contribution in [-0.4, -0.2) is 71.5 Å². The lowest BCUT2D eigenvalue weighted by Gasteiger charge is -2.35. The number of phenolic OH excluding ortho intramolecular Hbond substituents is 14. The van der Waals surface area contributed by atoms with Gasteiger partial charge in [0.1, 0.15) is 92.3 Å². The third-order valence-corrected chi connectivity index (χ3v) is 20.6. The summed E-state index contributed by atoms with van der Waals surface area (Å²) in [4.78, 5) is 0. The van der Waals surface area contributed by atoms with Crippen molar-refractivity contribution in [3.8, 4) is 86.2 Å². The second-order valence-corrected chi connectivity index (χ2v) is 25.5. The van der Waals surface area contributed by atoms with E-state index in [-0.39, 0.29) is 74.6 Å². The van der Waals surface area contributed by atoms with Gasteiger partial charge in [-0.2, -0.15) is 0 Å². The van der Waals surface area contributed by atoms with Crippen LogP contribution in [0.25, 0.3) is 0 Å². The van der Waals surface area contributed by atoms with Crippen LogP contribution in [-0.2, 0) is 6.42 Å². The molecule has 0 spiro atoms. The number of aromatic hydroxyl groups is 14. The molecule has 0 bridgehead atoms. The first-order valence-corrected chi connectivity index (χ1v) is 30.7. The van der Waals surface area contributed by atoms with Gasteiger partial charge in [-0.05, 0) is 170 Å². The summed E-state index contributed by atoms with van der Waals surface area (Å²) in [5, 5.41) is 165. The first-order valence-electron chi connectivity index (χ1n) is 30.7. The molecule has 93 heavy (non-hydrogen) atoms. The van der Waals surface area contributed by atoms with E-state index in [0.717, 1.165) is 11.1 Å². The number of fused-ring (bicyclic) bond motifs is 3. The third-order valence-electron chi connectivity index (χ3n) is 20.6. The van der Waals surface area contributed by atoms with Crippen molar-refractivity contribution in [2.45, 2.75) is 71.7 Å². The average Bonchev–Trinajstić information content (AvgIpc) is 1.56. The lowest BCUT2D eigenvalue weighted by atomic mass is 9.68. The summed E-state index contributed by atoms with van der Waals surface area (Å²) in [7, 11) is 0. The van der Waals surface area contributed by atoms with E-state index in [0.29, 0.717) is 95.6 Å². The van der Waals surface area contributed by atoms with Gasteiger partial charge in [-0.3, -0.25) is 0 Å². The highest BCUT2D eigenvalue weighted by atomic mass is 16.5. The SMILES string of the molecule is Oc1ccc([C@H]2c3c(O)cc(O)cc3C3c4c(cc(O)c5c4C2[C@@H](c2ccc(O)cc2)[C@@H]5c2cc(O)c([C@H](c4ccc(O)cc4)[C@@H]4c5ccccc5CC5c6c4c(O)cc(O)c6[C@H](c4cc(O)cc(O)c4)[C@H]5c4ccc(O)cc4)c(O)c2)O[C@H]3c2ccc(O)cc2)cc1. The summed E-state index contributed by atoms with van der Waals surface area (Å²) in [6.45, 7) is 0. The van der Waals surface area contributed by atoms with E-state index in [4.69, 9.17) is 4.74 Å². The van der Waals surface area contributed by atoms with E-state index in [2.05, 4.69) is 0 Å². The standard InChI is InChI=1S/C78H60O15/c79-43-15-5-35(6-16-43)61-52-27-40-3-1-2-4-51(40)68(74-58(91)33-57(90)72(69(52)74)65(61)41-25-48(84)30-49(85)26-41)64(38-11-21-46(82)22-12-38)71-54(87)28-42(29-55(71)88)66-62(36-7-17-44(80)18-8-36)76-63(37-9-19-45(81)20-10-37)67-53(31-50(86)32-56(67)89)70-75-60(34-59(92)73(66)77(75)76)93-78(70)39-13-23-47(83)24-14-39/h1-26,28-34,52,61-66,68,70,76,78-92H,27H2/t52?,61-,62-,63-,64+,65+,66-,68-,70?,76?,78-/m0/s1. The molecule has 15 heteroatoms. The van der Waals surface area contributed by atoms with Gasteiger partial charge in [-0.15, -0.1) is 0 Å². The maximum Gasteiger partial charge on any atom is 0.135 e. The zero-order chi connectivity index (χ0) is 64.2. The van der Waals surface area contributed by atoms with E-state index in [1.807, 2.05) is 24.3 Å². The molecule has 0 saturated carbocycles. The monoisotopic (exact) mass is 1240 g/mol. The van der Waals surface area contributed by atoms with Gasteiger partial charge < -0.3 is 76.2 Å². The summed E-state index contributed by atoms with van der Waals surface area (Å²) in [5.74, 6) is -10.3. The topological polar surface area (TPSA) is 292 Å². The number of phenols is 14. The Morgan fingerprint density at radius 1 is 0.301 bits per heavy atom. The molecule has 462 valence electrons. The highest BCUT2D eigenvalue weighted by Gasteiger charge is 2.57.